The van der Waals surface area contributed by atoms with Crippen molar-refractivity contribution in [3.8, 4) is 0 Å². The van der Waals surface area contributed by atoms with Crippen LogP contribution in [0.5, 0.6) is 0 Å². The normalized spacial score (nSPS) is 19.9. The van der Waals surface area contributed by atoms with Crippen molar-refractivity contribution in [2.45, 2.75) is 49.8 Å². The fourth-order valence-electron chi connectivity index (χ4n) is 2.52. The van der Waals surface area contributed by atoms with Crippen molar-refractivity contribution >= 4 is 43.2 Å². The van der Waals surface area contributed by atoms with Crippen LogP contribution in [-0.2, 0) is 0 Å². The number of alkyl halides is 1. The maximum Gasteiger partial charge on any atom is 0.0500 e. The van der Waals surface area contributed by atoms with Crippen LogP contribution < -0.4 is 0 Å². The zero-order valence-electron chi connectivity index (χ0n) is 9.42. The Morgan fingerprint density at radius 2 is 2.06 bits per heavy atom. The van der Waals surface area contributed by atoms with Crippen LogP contribution in [0.15, 0.2) is 15.9 Å². The van der Waals surface area contributed by atoms with Crippen LogP contribution in [0.2, 0.25) is 0 Å². The highest BCUT2D eigenvalue weighted by atomic mass is 79.9. The van der Waals surface area contributed by atoms with E-state index in [4.69, 9.17) is 0 Å². The number of rotatable bonds is 4. The molecule has 1 heterocycles. The molecule has 0 N–H and O–H groups in total. The van der Waals surface area contributed by atoms with E-state index >= 15 is 0 Å². The van der Waals surface area contributed by atoms with Crippen molar-refractivity contribution < 1.29 is 0 Å². The molecule has 0 aromatic carbocycles. The van der Waals surface area contributed by atoms with Crippen molar-refractivity contribution in [2.75, 3.05) is 0 Å². The largest absolute Gasteiger partial charge is 0.147 e. The Balaban J connectivity index is 1.79. The third kappa shape index (κ3) is 3.58. The van der Waals surface area contributed by atoms with E-state index < -0.39 is 0 Å². The van der Waals surface area contributed by atoms with Gasteiger partial charge in [-0.2, -0.15) is 0 Å². The molecule has 1 fully saturated rings. The smallest absolute Gasteiger partial charge is 0.0500 e. The fourth-order valence-corrected chi connectivity index (χ4v) is 5.32. The minimum absolute atomic E-state index is 0.545. The molecule has 0 radical (unpaired) electrons. The highest BCUT2D eigenvalue weighted by Crippen LogP contribution is 2.39. The van der Waals surface area contributed by atoms with Gasteiger partial charge >= 0.3 is 0 Å². The molecule has 3 heteroatoms. The van der Waals surface area contributed by atoms with E-state index in [-0.39, 0.29) is 0 Å². The Hall–Kier alpha value is 0.660. The van der Waals surface area contributed by atoms with E-state index in [9.17, 15) is 0 Å². The SMILES string of the molecule is Brc1ccsc1C(Br)CCC1CCCCC1. The van der Waals surface area contributed by atoms with E-state index in [0.29, 0.717) is 4.83 Å². The summed E-state index contributed by atoms with van der Waals surface area (Å²) < 4.78 is 1.27. The van der Waals surface area contributed by atoms with Gasteiger partial charge in [0.25, 0.3) is 0 Å². The van der Waals surface area contributed by atoms with Gasteiger partial charge in [0.2, 0.25) is 0 Å². The standard InChI is InChI=1S/C13H18Br2S/c14-11(13-12(15)8-9-16-13)7-6-10-4-2-1-3-5-10/h8-11H,1-7H2. The van der Waals surface area contributed by atoms with Crippen LogP contribution in [-0.4, -0.2) is 0 Å². The third-order valence-electron chi connectivity index (χ3n) is 3.48. The summed E-state index contributed by atoms with van der Waals surface area (Å²) in [5.74, 6) is 0.993. The summed E-state index contributed by atoms with van der Waals surface area (Å²) in [5.41, 5.74) is 0. The van der Waals surface area contributed by atoms with E-state index in [1.165, 1.54) is 54.3 Å². The summed E-state index contributed by atoms with van der Waals surface area (Å²) in [4.78, 5) is 2.00. The van der Waals surface area contributed by atoms with Gasteiger partial charge in [-0.3, -0.25) is 0 Å². The summed E-state index contributed by atoms with van der Waals surface area (Å²) in [6, 6.07) is 2.15. The van der Waals surface area contributed by atoms with Gasteiger partial charge < -0.3 is 0 Å². The molecule has 0 amide bonds. The number of hydrogen-bond donors (Lipinski definition) is 0. The molecule has 1 aliphatic carbocycles. The van der Waals surface area contributed by atoms with Crippen molar-refractivity contribution in [3.05, 3.63) is 20.8 Å². The molecule has 0 spiro atoms. The molecule has 90 valence electrons. The summed E-state index contributed by atoms with van der Waals surface area (Å²) in [6.45, 7) is 0. The lowest BCUT2D eigenvalue weighted by Crippen LogP contribution is -2.06. The molecule has 0 saturated heterocycles. The Labute approximate surface area is 119 Å². The second-order valence-electron chi connectivity index (χ2n) is 4.68. The van der Waals surface area contributed by atoms with Gasteiger partial charge in [0.05, 0.1) is 4.83 Å². The van der Waals surface area contributed by atoms with Gasteiger partial charge in [-0.25, -0.2) is 0 Å². The van der Waals surface area contributed by atoms with Gasteiger partial charge in [0.15, 0.2) is 0 Å². The molecule has 0 aliphatic heterocycles. The maximum absolute atomic E-state index is 3.82. The van der Waals surface area contributed by atoms with Gasteiger partial charge in [0.1, 0.15) is 0 Å². The van der Waals surface area contributed by atoms with Crippen LogP contribution in [0, 0.1) is 5.92 Å². The van der Waals surface area contributed by atoms with Gasteiger partial charge in [0, 0.05) is 9.35 Å². The fraction of sp³-hybridized carbons (Fsp3) is 0.692. The highest BCUT2D eigenvalue weighted by Gasteiger charge is 2.17. The minimum atomic E-state index is 0.545. The first-order valence-corrected chi connectivity index (χ1v) is 8.73. The molecule has 1 atom stereocenters. The molecule has 1 aliphatic rings. The number of thiophene rings is 1. The van der Waals surface area contributed by atoms with E-state index in [1.807, 2.05) is 11.3 Å². The summed E-state index contributed by atoms with van der Waals surface area (Å²) in [7, 11) is 0. The first-order valence-electron chi connectivity index (χ1n) is 6.14. The minimum Gasteiger partial charge on any atom is -0.147 e. The Morgan fingerprint density at radius 3 is 2.69 bits per heavy atom. The molecule has 1 aromatic heterocycles. The monoisotopic (exact) mass is 364 g/mol. The van der Waals surface area contributed by atoms with Gasteiger partial charge in [-0.1, -0.05) is 48.0 Å². The average molecular weight is 366 g/mol. The lowest BCUT2D eigenvalue weighted by Gasteiger charge is -2.22. The molecule has 1 saturated carbocycles. The van der Waals surface area contributed by atoms with Crippen LogP contribution in [0.1, 0.15) is 54.7 Å². The van der Waals surface area contributed by atoms with Crippen LogP contribution >= 0.6 is 43.2 Å². The number of halogens is 2. The molecular formula is C13H18Br2S. The van der Waals surface area contributed by atoms with E-state index in [0.717, 1.165) is 5.92 Å². The van der Waals surface area contributed by atoms with Crippen molar-refractivity contribution in [1.82, 2.24) is 0 Å². The van der Waals surface area contributed by atoms with E-state index in [1.54, 1.807) is 0 Å². The lowest BCUT2D eigenvalue weighted by molar-refractivity contribution is 0.332. The van der Waals surface area contributed by atoms with Crippen molar-refractivity contribution in [3.63, 3.8) is 0 Å². The highest BCUT2D eigenvalue weighted by molar-refractivity contribution is 9.11. The topological polar surface area (TPSA) is 0 Å². The molecular weight excluding hydrogens is 348 g/mol. The second kappa shape index (κ2) is 6.55. The first-order chi connectivity index (χ1) is 7.77. The molecule has 16 heavy (non-hydrogen) atoms. The lowest BCUT2D eigenvalue weighted by atomic mass is 9.86. The zero-order valence-corrected chi connectivity index (χ0v) is 13.4. The molecule has 0 bridgehead atoms. The second-order valence-corrected chi connectivity index (χ2v) is 7.59. The molecule has 2 rings (SSSR count). The quantitative estimate of drug-likeness (QED) is 0.548. The molecule has 1 unspecified atom stereocenters. The summed E-state index contributed by atoms with van der Waals surface area (Å²) >= 11 is 9.29. The Kier molecular flexibility index (Phi) is 5.37. The van der Waals surface area contributed by atoms with Crippen molar-refractivity contribution in [1.29, 1.82) is 0 Å². The number of hydrogen-bond acceptors (Lipinski definition) is 1. The first kappa shape index (κ1) is 13.1. The Bertz CT molecular complexity index is 315. The van der Waals surface area contributed by atoms with Crippen LogP contribution in [0.4, 0.5) is 0 Å². The third-order valence-corrected chi connectivity index (χ3v) is 6.69. The predicted molar refractivity (Wildman–Crippen MR) is 79.5 cm³/mol. The van der Waals surface area contributed by atoms with Crippen LogP contribution in [0.25, 0.3) is 0 Å². The zero-order chi connectivity index (χ0) is 11.4. The van der Waals surface area contributed by atoms with Crippen LogP contribution in [0.3, 0.4) is 0 Å². The summed E-state index contributed by atoms with van der Waals surface area (Å²) in [6.07, 6.45) is 9.98. The van der Waals surface area contributed by atoms with Crippen molar-refractivity contribution in [2.24, 2.45) is 5.92 Å². The molecule has 1 aromatic rings. The van der Waals surface area contributed by atoms with Gasteiger partial charge in [-0.15, -0.1) is 11.3 Å². The predicted octanol–water partition coefficient (Wildman–Crippen LogP) is 6.31. The summed E-state index contributed by atoms with van der Waals surface area (Å²) in [5, 5.41) is 2.16. The van der Waals surface area contributed by atoms with Gasteiger partial charge in [-0.05, 0) is 46.1 Å². The molecule has 0 nitrogen and oxygen atoms in total. The Morgan fingerprint density at radius 1 is 1.31 bits per heavy atom. The maximum atomic E-state index is 3.82. The van der Waals surface area contributed by atoms with E-state index in [2.05, 4.69) is 43.3 Å². The average Bonchev–Trinajstić information content (AvgIpc) is 2.74.